The Morgan fingerprint density at radius 1 is 1.30 bits per heavy atom. The molecule has 7 heteroatoms. The molecular formula is C16H17F2NO4. The standard InChI is InChI=1S/C16H17F2NO4/c17-16(18)7-6-11-12(16)8-19(13(11)14(20)21)15(22)23-9-10-4-2-1-3-5-10/h1-5,11-13H,6-9H2,(H,20,21). The summed E-state index contributed by atoms with van der Waals surface area (Å²) in [6.45, 7) is -0.295. The Labute approximate surface area is 131 Å². The molecule has 1 aromatic rings. The van der Waals surface area contributed by atoms with Gasteiger partial charge in [-0.05, 0) is 12.0 Å². The lowest BCUT2D eigenvalue weighted by atomic mass is 9.93. The van der Waals surface area contributed by atoms with Crippen LogP contribution in [0.1, 0.15) is 18.4 Å². The summed E-state index contributed by atoms with van der Waals surface area (Å²) >= 11 is 0. The predicted octanol–water partition coefficient (Wildman–Crippen LogP) is 2.75. The van der Waals surface area contributed by atoms with Crippen LogP contribution in [-0.2, 0) is 16.1 Å². The van der Waals surface area contributed by atoms with Gasteiger partial charge in [0.1, 0.15) is 12.6 Å². The lowest BCUT2D eigenvalue weighted by molar-refractivity contribution is -0.143. The zero-order valence-electron chi connectivity index (χ0n) is 12.3. The number of hydrogen-bond acceptors (Lipinski definition) is 3. The third-order valence-electron chi connectivity index (χ3n) is 4.70. The first kappa shape index (κ1) is 15.7. The molecule has 23 heavy (non-hydrogen) atoms. The van der Waals surface area contributed by atoms with E-state index in [4.69, 9.17) is 4.74 Å². The lowest BCUT2D eigenvalue weighted by Crippen LogP contribution is -2.43. The van der Waals surface area contributed by atoms with E-state index in [2.05, 4.69) is 0 Å². The number of halogens is 2. The van der Waals surface area contributed by atoms with Crippen LogP contribution in [0.25, 0.3) is 0 Å². The van der Waals surface area contributed by atoms with Crippen molar-refractivity contribution in [3.05, 3.63) is 35.9 Å². The molecule has 3 unspecified atom stereocenters. The number of carboxylic acids is 1. The quantitative estimate of drug-likeness (QED) is 0.928. The average Bonchev–Trinajstić information content (AvgIpc) is 3.04. The Bertz CT molecular complexity index is 607. The summed E-state index contributed by atoms with van der Waals surface area (Å²) in [7, 11) is 0. The highest BCUT2D eigenvalue weighted by Crippen LogP contribution is 2.51. The molecule has 1 N–H and O–H groups in total. The first-order chi connectivity index (χ1) is 10.9. The van der Waals surface area contributed by atoms with E-state index < -0.39 is 35.9 Å². The van der Waals surface area contributed by atoms with Crippen LogP contribution in [0.3, 0.4) is 0 Å². The lowest BCUT2D eigenvalue weighted by Gasteiger charge is -2.24. The maximum absolute atomic E-state index is 13.9. The minimum absolute atomic E-state index is 0.0196. The molecule has 3 atom stereocenters. The number of ether oxygens (including phenoxy) is 1. The van der Waals surface area contributed by atoms with Crippen LogP contribution in [-0.4, -0.2) is 40.6 Å². The number of nitrogens with zero attached hydrogens (tertiary/aromatic N) is 1. The zero-order valence-corrected chi connectivity index (χ0v) is 12.3. The Balaban J connectivity index is 1.71. The number of amides is 1. The Morgan fingerprint density at radius 2 is 2.00 bits per heavy atom. The number of carboxylic acid groups (broad SMARTS) is 1. The van der Waals surface area contributed by atoms with Crippen LogP contribution >= 0.6 is 0 Å². The molecule has 2 aliphatic rings. The summed E-state index contributed by atoms with van der Waals surface area (Å²) in [6.07, 6.45) is -1.07. The molecule has 0 spiro atoms. The second-order valence-electron chi connectivity index (χ2n) is 6.05. The second kappa shape index (κ2) is 5.79. The van der Waals surface area contributed by atoms with Crippen LogP contribution in [0.5, 0.6) is 0 Å². The van der Waals surface area contributed by atoms with Gasteiger partial charge in [-0.15, -0.1) is 0 Å². The highest BCUT2D eigenvalue weighted by atomic mass is 19.3. The number of carbonyl (C=O) groups excluding carboxylic acids is 1. The van der Waals surface area contributed by atoms with Gasteiger partial charge in [0, 0.05) is 24.8 Å². The Kier molecular flexibility index (Phi) is 3.95. The van der Waals surface area contributed by atoms with Crippen LogP contribution in [0.2, 0.25) is 0 Å². The fourth-order valence-electron chi connectivity index (χ4n) is 3.57. The van der Waals surface area contributed by atoms with Gasteiger partial charge in [-0.1, -0.05) is 30.3 Å². The molecule has 124 valence electrons. The van der Waals surface area contributed by atoms with E-state index in [-0.39, 0.29) is 26.0 Å². The highest BCUT2D eigenvalue weighted by molar-refractivity contribution is 5.81. The number of hydrogen-bond donors (Lipinski definition) is 1. The molecule has 1 aliphatic heterocycles. The van der Waals surface area contributed by atoms with Gasteiger partial charge in [0.2, 0.25) is 0 Å². The smallest absolute Gasteiger partial charge is 0.410 e. The number of alkyl halides is 2. The van der Waals surface area contributed by atoms with Crippen molar-refractivity contribution >= 4 is 12.1 Å². The van der Waals surface area contributed by atoms with Gasteiger partial charge in [0.25, 0.3) is 5.92 Å². The number of aliphatic carboxylic acids is 1. The van der Waals surface area contributed by atoms with E-state index in [9.17, 15) is 23.5 Å². The first-order valence-corrected chi connectivity index (χ1v) is 7.48. The third-order valence-corrected chi connectivity index (χ3v) is 4.70. The van der Waals surface area contributed by atoms with Gasteiger partial charge in [0.05, 0.1) is 0 Å². The summed E-state index contributed by atoms with van der Waals surface area (Å²) in [6, 6.07) is 7.66. The van der Waals surface area contributed by atoms with Crippen molar-refractivity contribution in [3.8, 4) is 0 Å². The SMILES string of the molecule is O=C(O)C1C2CCC(F)(F)C2CN1C(=O)OCc1ccccc1. The number of fused-ring (bicyclic) bond motifs is 1. The minimum atomic E-state index is -2.92. The number of likely N-dealkylation sites (tertiary alicyclic amines) is 1. The molecule has 1 saturated heterocycles. The van der Waals surface area contributed by atoms with E-state index in [1.165, 1.54) is 0 Å². The number of benzene rings is 1. The van der Waals surface area contributed by atoms with Crippen LogP contribution in [0.4, 0.5) is 13.6 Å². The molecule has 3 rings (SSSR count). The molecular weight excluding hydrogens is 308 g/mol. The average molecular weight is 325 g/mol. The first-order valence-electron chi connectivity index (χ1n) is 7.48. The van der Waals surface area contributed by atoms with Crippen LogP contribution in [0.15, 0.2) is 30.3 Å². The van der Waals surface area contributed by atoms with E-state index in [0.717, 1.165) is 10.5 Å². The van der Waals surface area contributed by atoms with Gasteiger partial charge in [-0.2, -0.15) is 0 Å². The molecule has 1 aliphatic carbocycles. The monoisotopic (exact) mass is 325 g/mol. The summed E-state index contributed by atoms with van der Waals surface area (Å²) in [5.41, 5.74) is 0.748. The van der Waals surface area contributed by atoms with Crippen molar-refractivity contribution in [1.29, 1.82) is 0 Å². The Morgan fingerprint density at radius 3 is 2.65 bits per heavy atom. The van der Waals surface area contributed by atoms with Crippen molar-refractivity contribution in [1.82, 2.24) is 4.90 Å². The van der Waals surface area contributed by atoms with Crippen molar-refractivity contribution < 1.29 is 28.2 Å². The van der Waals surface area contributed by atoms with Crippen molar-refractivity contribution in [2.24, 2.45) is 11.8 Å². The summed E-state index contributed by atoms with van der Waals surface area (Å²) in [4.78, 5) is 24.6. The second-order valence-corrected chi connectivity index (χ2v) is 6.05. The molecule has 5 nitrogen and oxygen atoms in total. The van der Waals surface area contributed by atoms with Crippen LogP contribution < -0.4 is 0 Å². The summed E-state index contributed by atoms with van der Waals surface area (Å²) < 4.78 is 32.8. The van der Waals surface area contributed by atoms with Gasteiger partial charge in [-0.3, -0.25) is 4.90 Å². The summed E-state index contributed by atoms with van der Waals surface area (Å²) in [5, 5.41) is 9.34. The van der Waals surface area contributed by atoms with E-state index in [1.807, 2.05) is 6.07 Å². The molecule has 1 amide bonds. The molecule has 2 fully saturated rings. The molecule has 1 heterocycles. The maximum atomic E-state index is 13.9. The van der Waals surface area contributed by atoms with Crippen molar-refractivity contribution in [2.45, 2.75) is 31.4 Å². The largest absolute Gasteiger partial charge is 0.480 e. The number of carbonyl (C=O) groups is 2. The molecule has 0 radical (unpaired) electrons. The fourth-order valence-corrected chi connectivity index (χ4v) is 3.57. The predicted molar refractivity (Wildman–Crippen MR) is 75.9 cm³/mol. The third kappa shape index (κ3) is 2.87. The summed E-state index contributed by atoms with van der Waals surface area (Å²) in [5.74, 6) is -6.00. The minimum Gasteiger partial charge on any atom is -0.480 e. The Hall–Kier alpha value is -2.18. The zero-order chi connectivity index (χ0) is 16.6. The molecule has 1 aromatic carbocycles. The van der Waals surface area contributed by atoms with Gasteiger partial charge in [0.15, 0.2) is 0 Å². The molecule has 1 saturated carbocycles. The van der Waals surface area contributed by atoms with E-state index in [1.54, 1.807) is 24.3 Å². The van der Waals surface area contributed by atoms with Crippen molar-refractivity contribution in [2.75, 3.05) is 6.54 Å². The van der Waals surface area contributed by atoms with E-state index >= 15 is 0 Å². The normalized spacial score (nSPS) is 28.4. The molecule has 0 aromatic heterocycles. The van der Waals surface area contributed by atoms with E-state index in [0.29, 0.717) is 0 Å². The van der Waals surface area contributed by atoms with Crippen molar-refractivity contribution in [3.63, 3.8) is 0 Å². The number of rotatable bonds is 3. The van der Waals surface area contributed by atoms with Gasteiger partial charge < -0.3 is 9.84 Å². The van der Waals surface area contributed by atoms with Gasteiger partial charge in [-0.25, -0.2) is 18.4 Å². The molecule has 0 bridgehead atoms. The maximum Gasteiger partial charge on any atom is 0.410 e. The van der Waals surface area contributed by atoms with Gasteiger partial charge >= 0.3 is 12.1 Å². The fraction of sp³-hybridized carbons (Fsp3) is 0.500. The topological polar surface area (TPSA) is 66.8 Å². The van der Waals surface area contributed by atoms with Crippen LogP contribution in [0, 0.1) is 11.8 Å². The highest BCUT2D eigenvalue weighted by Gasteiger charge is 2.61.